The molecule has 3 rings (SSSR count). The van der Waals surface area contributed by atoms with Gasteiger partial charge in [-0.15, -0.1) is 0 Å². The molecule has 0 spiro atoms. The van der Waals surface area contributed by atoms with Crippen LogP contribution in [-0.4, -0.2) is 27.5 Å². The minimum atomic E-state index is -3.54. The summed E-state index contributed by atoms with van der Waals surface area (Å²) in [6.07, 6.45) is 2.09. The van der Waals surface area contributed by atoms with Crippen LogP contribution >= 0.6 is 0 Å². The van der Waals surface area contributed by atoms with Gasteiger partial charge in [0, 0.05) is 24.8 Å². The van der Waals surface area contributed by atoms with Crippen molar-refractivity contribution in [2.75, 3.05) is 18.0 Å². The number of hydrogen-bond donors (Lipinski definition) is 1. The Morgan fingerprint density at radius 3 is 2.27 bits per heavy atom. The molecule has 1 fully saturated rings. The fourth-order valence-electron chi connectivity index (χ4n) is 3.87. The molecular weight excluding hydrogens is 344 g/mol. The third-order valence-corrected chi connectivity index (χ3v) is 7.24. The molecule has 140 valence electrons. The zero-order valence-corrected chi connectivity index (χ0v) is 16.9. The number of nitrogens with zero attached hydrogens (tertiary/aromatic N) is 1. The Balaban J connectivity index is 1.81. The first-order valence-corrected chi connectivity index (χ1v) is 10.7. The number of sulfonamides is 1. The van der Waals surface area contributed by atoms with Crippen LogP contribution in [0.3, 0.4) is 0 Å². The Bertz CT molecular complexity index is 866. The van der Waals surface area contributed by atoms with E-state index in [-0.39, 0.29) is 6.04 Å². The number of rotatable bonds is 5. The van der Waals surface area contributed by atoms with Crippen molar-refractivity contribution in [1.29, 1.82) is 0 Å². The topological polar surface area (TPSA) is 49.4 Å². The molecule has 5 heteroatoms. The van der Waals surface area contributed by atoms with E-state index in [9.17, 15) is 8.42 Å². The maximum Gasteiger partial charge on any atom is 0.241 e. The molecule has 0 aliphatic carbocycles. The second-order valence-corrected chi connectivity index (χ2v) is 8.97. The minimum absolute atomic E-state index is 0.193. The lowest BCUT2D eigenvalue weighted by Gasteiger charge is -2.27. The van der Waals surface area contributed by atoms with E-state index in [1.807, 2.05) is 45.9 Å². The Morgan fingerprint density at radius 2 is 1.65 bits per heavy atom. The number of aryl methyl sites for hydroxylation is 2. The van der Waals surface area contributed by atoms with E-state index in [1.165, 1.54) is 0 Å². The van der Waals surface area contributed by atoms with E-state index in [0.717, 1.165) is 47.3 Å². The molecule has 1 unspecified atom stereocenters. The average Bonchev–Trinajstić information content (AvgIpc) is 3.08. The highest BCUT2D eigenvalue weighted by Crippen LogP contribution is 2.28. The predicted octanol–water partition coefficient (Wildman–Crippen LogP) is 3.87. The van der Waals surface area contributed by atoms with Gasteiger partial charge in [-0.2, -0.15) is 0 Å². The molecule has 0 aromatic heterocycles. The summed E-state index contributed by atoms with van der Waals surface area (Å²) >= 11 is 0. The summed E-state index contributed by atoms with van der Waals surface area (Å²) in [5.74, 6) is 0. The molecule has 0 bridgehead atoms. The lowest BCUT2D eigenvalue weighted by Crippen LogP contribution is -2.40. The van der Waals surface area contributed by atoms with Crippen molar-refractivity contribution in [3.63, 3.8) is 0 Å². The number of hydrogen-bond acceptors (Lipinski definition) is 3. The normalized spacial score (nSPS) is 17.7. The van der Waals surface area contributed by atoms with Gasteiger partial charge in [0.25, 0.3) is 0 Å². The van der Waals surface area contributed by atoms with E-state index < -0.39 is 10.0 Å². The quantitative estimate of drug-likeness (QED) is 0.867. The fourth-order valence-corrected chi connectivity index (χ4v) is 5.55. The van der Waals surface area contributed by atoms with Gasteiger partial charge in [0.1, 0.15) is 0 Å². The van der Waals surface area contributed by atoms with Gasteiger partial charge in [0.15, 0.2) is 0 Å². The van der Waals surface area contributed by atoms with Gasteiger partial charge in [-0.1, -0.05) is 24.3 Å². The second-order valence-electron chi connectivity index (χ2n) is 7.27. The van der Waals surface area contributed by atoms with Gasteiger partial charge in [-0.25, -0.2) is 13.1 Å². The van der Waals surface area contributed by atoms with Gasteiger partial charge >= 0.3 is 0 Å². The number of para-hydroxylation sites is 1. The highest BCUT2D eigenvalue weighted by molar-refractivity contribution is 7.89. The van der Waals surface area contributed by atoms with Crippen LogP contribution in [0.5, 0.6) is 0 Å². The molecule has 1 heterocycles. The number of benzene rings is 2. The summed E-state index contributed by atoms with van der Waals surface area (Å²) in [5, 5.41) is 0. The Morgan fingerprint density at radius 1 is 1.04 bits per heavy atom. The molecule has 0 amide bonds. The molecule has 1 aliphatic heterocycles. The van der Waals surface area contributed by atoms with Crippen LogP contribution in [-0.2, 0) is 10.0 Å². The van der Waals surface area contributed by atoms with Crippen molar-refractivity contribution < 1.29 is 8.42 Å². The van der Waals surface area contributed by atoms with E-state index in [4.69, 9.17) is 0 Å². The molecular formula is C21H28N2O2S. The Labute approximate surface area is 157 Å². The van der Waals surface area contributed by atoms with E-state index in [1.54, 1.807) is 0 Å². The maximum atomic E-state index is 13.0. The van der Waals surface area contributed by atoms with Crippen molar-refractivity contribution in [2.45, 2.75) is 51.5 Å². The first-order chi connectivity index (χ1) is 12.3. The lowest BCUT2D eigenvalue weighted by molar-refractivity contribution is 0.565. The van der Waals surface area contributed by atoms with Crippen LogP contribution in [0.15, 0.2) is 41.3 Å². The number of nitrogens with one attached hydrogen (secondary N) is 1. The van der Waals surface area contributed by atoms with Gasteiger partial charge in [-0.05, 0) is 74.9 Å². The summed E-state index contributed by atoms with van der Waals surface area (Å²) in [6, 6.07) is 12.5. The van der Waals surface area contributed by atoms with Crippen molar-refractivity contribution in [1.82, 2.24) is 4.72 Å². The van der Waals surface area contributed by atoms with Crippen LogP contribution in [0.25, 0.3) is 0 Å². The molecule has 1 aliphatic rings. The summed E-state index contributed by atoms with van der Waals surface area (Å²) in [6.45, 7) is 9.12. The molecule has 2 aromatic carbocycles. The third kappa shape index (κ3) is 3.64. The average molecular weight is 373 g/mol. The van der Waals surface area contributed by atoms with Crippen molar-refractivity contribution in [2.24, 2.45) is 0 Å². The van der Waals surface area contributed by atoms with Crippen LogP contribution < -0.4 is 9.62 Å². The zero-order chi connectivity index (χ0) is 18.9. The van der Waals surface area contributed by atoms with Crippen molar-refractivity contribution in [3.8, 4) is 0 Å². The van der Waals surface area contributed by atoms with Crippen LogP contribution in [0.2, 0.25) is 0 Å². The monoisotopic (exact) mass is 372 g/mol. The molecule has 26 heavy (non-hydrogen) atoms. The van der Waals surface area contributed by atoms with E-state index in [2.05, 4.69) is 27.8 Å². The molecule has 1 N–H and O–H groups in total. The van der Waals surface area contributed by atoms with E-state index in [0.29, 0.717) is 11.4 Å². The summed E-state index contributed by atoms with van der Waals surface area (Å²) in [5.41, 5.74) is 4.87. The van der Waals surface area contributed by atoms with Crippen LogP contribution in [0.1, 0.15) is 35.1 Å². The molecule has 4 nitrogen and oxygen atoms in total. The molecule has 0 radical (unpaired) electrons. The van der Waals surface area contributed by atoms with Crippen LogP contribution in [0.4, 0.5) is 5.69 Å². The van der Waals surface area contributed by atoms with Crippen LogP contribution in [0, 0.1) is 27.7 Å². The molecule has 1 atom stereocenters. The summed E-state index contributed by atoms with van der Waals surface area (Å²) < 4.78 is 29.0. The Kier molecular flexibility index (Phi) is 5.39. The smallest absolute Gasteiger partial charge is 0.241 e. The lowest BCUT2D eigenvalue weighted by atomic mass is 10.0. The first kappa shape index (κ1) is 18.9. The van der Waals surface area contributed by atoms with Crippen molar-refractivity contribution >= 4 is 15.7 Å². The largest absolute Gasteiger partial charge is 0.367 e. The first-order valence-electron chi connectivity index (χ1n) is 9.20. The highest BCUT2D eigenvalue weighted by atomic mass is 32.2. The van der Waals surface area contributed by atoms with E-state index >= 15 is 0 Å². The number of anilines is 1. The molecule has 0 saturated carbocycles. The third-order valence-electron chi connectivity index (χ3n) is 5.54. The molecule has 2 aromatic rings. The second kappa shape index (κ2) is 7.41. The SMILES string of the molecule is Cc1cc(C)c(C)c(S(=O)(=O)NCC2CCCN2c2ccccc2)c1C. The van der Waals surface area contributed by atoms with Gasteiger partial charge in [-0.3, -0.25) is 0 Å². The zero-order valence-electron chi connectivity index (χ0n) is 16.0. The van der Waals surface area contributed by atoms with Gasteiger partial charge < -0.3 is 4.90 Å². The fraction of sp³-hybridized carbons (Fsp3) is 0.429. The maximum absolute atomic E-state index is 13.0. The Hall–Kier alpha value is -1.85. The van der Waals surface area contributed by atoms with Crippen molar-refractivity contribution in [3.05, 3.63) is 58.7 Å². The predicted molar refractivity (Wildman–Crippen MR) is 107 cm³/mol. The van der Waals surface area contributed by atoms with Gasteiger partial charge in [0.05, 0.1) is 4.90 Å². The van der Waals surface area contributed by atoms with Gasteiger partial charge in [0.2, 0.25) is 10.0 Å². The summed E-state index contributed by atoms with van der Waals surface area (Å²) in [7, 11) is -3.54. The standard InChI is InChI=1S/C21H28N2O2S/c1-15-13-16(2)18(4)21(17(15)3)26(24,25)22-14-20-11-8-12-23(20)19-9-6-5-7-10-19/h5-7,9-10,13,20,22H,8,11-12,14H2,1-4H3. The summed E-state index contributed by atoms with van der Waals surface area (Å²) in [4.78, 5) is 2.75. The highest BCUT2D eigenvalue weighted by Gasteiger charge is 2.28. The molecule has 1 saturated heterocycles. The minimum Gasteiger partial charge on any atom is -0.367 e.